The van der Waals surface area contributed by atoms with E-state index in [0.29, 0.717) is 12.5 Å². The van der Waals surface area contributed by atoms with Crippen molar-refractivity contribution in [2.24, 2.45) is 7.05 Å². The number of anilines is 1. The first-order valence-electron chi connectivity index (χ1n) is 7.96. The maximum absolute atomic E-state index is 4.53. The summed E-state index contributed by atoms with van der Waals surface area (Å²) in [5, 5.41) is 13.2. The van der Waals surface area contributed by atoms with E-state index in [1.807, 2.05) is 19.3 Å². The van der Waals surface area contributed by atoms with Crippen LogP contribution in [-0.4, -0.2) is 19.7 Å². The lowest BCUT2D eigenvalue weighted by Gasteiger charge is -2.12. The zero-order chi connectivity index (χ0) is 16.6. The van der Waals surface area contributed by atoms with E-state index in [1.165, 1.54) is 11.1 Å². The van der Waals surface area contributed by atoms with Gasteiger partial charge >= 0.3 is 0 Å². The topological polar surface area (TPSA) is 55.6 Å². The van der Waals surface area contributed by atoms with Crippen LogP contribution < -0.4 is 5.32 Å². The molecule has 120 valence electrons. The van der Waals surface area contributed by atoms with E-state index in [-0.39, 0.29) is 0 Å². The molecule has 0 amide bonds. The number of aromatic nitrogens is 4. The van der Waals surface area contributed by atoms with Crippen LogP contribution in [0.1, 0.15) is 42.5 Å². The molecule has 23 heavy (non-hydrogen) atoms. The Hall–Kier alpha value is -2.43. The zero-order valence-corrected chi connectivity index (χ0v) is 14.4. The number of nitrogens with one attached hydrogen (secondary N) is 1. The number of pyridine rings is 1. The molecule has 0 saturated heterocycles. The van der Waals surface area contributed by atoms with Gasteiger partial charge in [0, 0.05) is 30.2 Å². The molecule has 3 rings (SSSR count). The van der Waals surface area contributed by atoms with Gasteiger partial charge in [0.15, 0.2) is 5.82 Å². The monoisotopic (exact) mass is 309 g/mol. The van der Waals surface area contributed by atoms with E-state index in [0.717, 1.165) is 28.2 Å². The molecule has 0 aliphatic rings. The van der Waals surface area contributed by atoms with Gasteiger partial charge in [0.2, 0.25) is 0 Å². The first kappa shape index (κ1) is 15.5. The summed E-state index contributed by atoms with van der Waals surface area (Å²) < 4.78 is 2.07. The van der Waals surface area contributed by atoms with Gasteiger partial charge < -0.3 is 9.88 Å². The highest BCUT2D eigenvalue weighted by Crippen LogP contribution is 2.26. The lowest BCUT2D eigenvalue weighted by Crippen LogP contribution is -2.09. The fourth-order valence-corrected chi connectivity index (χ4v) is 2.82. The van der Waals surface area contributed by atoms with Gasteiger partial charge in [-0.3, -0.25) is 4.98 Å². The summed E-state index contributed by atoms with van der Waals surface area (Å²) in [6, 6.07) is 6.28. The van der Waals surface area contributed by atoms with Crippen molar-refractivity contribution in [1.29, 1.82) is 0 Å². The van der Waals surface area contributed by atoms with Gasteiger partial charge in [0.1, 0.15) is 5.82 Å². The average molecular weight is 309 g/mol. The normalized spacial score (nSPS) is 11.4. The highest BCUT2D eigenvalue weighted by Gasteiger charge is 2.12. The Morgan fingerprint density at radius 3 is 2.61 bits per heavy atom. The maximum atomic E-state index is 4.53. The van der Waals surface area contributed by atoms with Crippen LogP contribution in [0.25, 0.3) is 10.9 Å². The molecule has 1 N–H and O–H groups in total. The second-order valence-electron chi connectivity index (χ2n) is 6.30. The van der Waals surface area contributed by atoms with Gasteiger partial charge in [-0.15, -0.1) is 10.2 Å². The molecule has 0 atom stereocenters. The third-order valence-electron chi connectivity index (χ3n) is 4.39. The Labute approximate surface area is 136 Å². The first-order chi connectivity index (χ1) is 11.0. The van der Waals surface area contributed by atoms with Crippen molar-refractivity contribution in [2.75, 3.05) is 5.32 Å². The summed E-state index contributed by atoms with van der Waals surface area (Å²) in [6.45, 7) is 9.13. The minimum atomic E-state index is 0.369. The highest BCUT2D eigenvalue weighted by atomic mass is 15.3. The Bertz CT molecular complexity index is 848. The van der Waals surface area contributed by atoms with Crippen LogP contribution >= 0.6 is 0 Å². The second kappa shape index (κ2) is 5.99. The van der Waals surface area contributed by atoms with Crippen molar-refractivity contribution < 1.29 is 0 Å². The number of aryl methyl sites for hydroxylation is 2. The molecular weight excluding hydrogens is 286 g/mol. The van der Waals surface area contributed by atoms with Crippen molar-refractivity contribution in [3.63, 3.8) is 0 Å². The Kier molecular flexibility index (Phi) is 4.03. The number of benzene rings is 1. The number of hydrogen-bond donors (Lipinski definition) is 1. The Morgan fingerprint density at radius 1 is 1.13 bits per heavy atom. The summed E-state index contributed by atoms with van der Waals surface area (Å²) in [5.41, 5.74) is 4.62. The van der Waals surface area contributed by atoms with Crippen molar-refractivity contribution in [2.45, 2.75) is 40.2 Å². The molecule has 0 bridgehead atoms. The molecule has 0 unspecified atom stereocenters. The van der Waals surface area contributed by atoms with E-state index in [4.69, 9.17) is 0 Å². The fraction of sp³-hybridized carbons (Fsp3) is 0.389. The summed E-state index contributed by atoms with van der Waals surface area (Å²) in [7, 11) is 2.02. The number of nitrogens with zero attached hydrogens (tertiary/aromatic N) is 4. The molecule has 2 heterocycles. The van der Waals surface area contributed by atoms with Crippen molar-refractivity contribution in [3.05, 3.63) is 47.2 Å². The van der Waals surface area contributed by atoms with Gasteiger partial charge in [0.05, 0.1) is 12.1 Å². The van der Waals surface area contributed by atoms with E-state index in [1.54, 1.807) is 0 Å². The lowest BCUT2D eigenvalue weighted by atomic mass is 10.0. The summed E-state index contributed by atoms with van der Waals surface area (Å²) >= 11 is 0. The van der Waals surface area contributed by atoms with Crippen LogP contribution in [0.2, 0.25) is 0 Å². The van der Waals surface area contributed by atoms with Crippen LogP contribution in [-0.2, 0) is 13.6 Å². The highest BCUT2D eigenvalue weighted by molar-refractivity contribution is 5.93. The van der Waals surface area contributed by atoms with E-state index >= 15 is 0 Å². The van der Waals surface area contributed by atoms with Crippen molar-refractivity contribution in [3.8, 4) is 0 Å². The van der Waals surface area contributed by atoms with Gasteiger partial charge in [-0.1, -0.05) is 26.0 Å². The zero-order valence-electron chi connectivity index (χ0n) is 14.4. The number of fused-ring (bicyclic) bond motifs is 1. The smallest absolute Gasteiger partial charge is 0.152 e. The van der Waals surface area contributed by atoms with Crippen molar-refractivity contribution in [1.82, 2.24) is 19.7 Å². The molecule has 1 aromatic carbocycles. The molecule has 0 fully saturated rings. The number of hydrogen-bond acceptors (Lipinski definition) is 4. The molecule has 0 saturated carbocycles. The van der Waals surface area contributed by atoms with Crippen LogP contribution in [0.15, 0.2) is 24.4 Å². The minimum Gasteiger partial charge on any atom is -0.377 e. The first-order valence-corrected chi connectivity index (χ1v) is 7.96. The molecule has 5 nitrogen and oxygen atoms in total. The summed E-state index contributed by atoms with van der Waals surface area (Å²) in [5.74, 6) is 2.31. The average Bonchev–Trinajstić information content (AvgIpc) is 2.90. The largest absolute Gasteiger partial charge is 0.377 e. The SMILES string of the molecule is Cc1ccc2c(NCc3nnc(C(C)C)n3C)ccnc2c1C. The van der Waals surface area contributed by atoms with E-state index in [2.05, 4.69) is 64.9 Å². The van der Waals surface area contributed by atoms with Gasteiger partial charge in [-0.25, -0.2) is 0 Å². The summed E-state index contributed by atoms with van der Waals surface area (Å²) in [4.78, 5) is 4.53. The molecule has 5 heteroatoms. The fourth-order valence-electron chi connectivity index (χ4n) is 2.82. The molecule has 0 aliphatic heterocycles. The van der Waals surface area contributed by atoms with Crippen LogP contribution in [0.3, 0.4) is 0 Å². The second-order valence-corrected chi connectivity index (χ2v) is 6.30. The van der Waals surface area contributed by atoms with E-state index < -0.39 is 0 Å². The quantitative estimate of drug-likeness (QED) is 0.798. The summed E-state index contributed by atoms with van der Waals surface area (Å²) in [6.07, 6.45) is 1.85. The third kappa shape index (κ3) is 2.79. The lowest BCUT2D eigenvalue weighted by molar-refractivity contribution is 0.692. The van der Waals surface area contributed by atoms with Crippen molar-refractivity contribution >= 4 is 16.6 Å². The molecule has 0 spiro atoms. The predicted molar refractivity (Wildman–Crippen MR) is 93.6 cm³/mol. The molecule has 0 radical (unpaired) electrons. The molecule has 0 aliphatic carbocycles. The third-order valence-corrected chi connectivity index (χ3v) is 4.39. The van der Waals surface area contributed by atoms with Gasteiger partial charge in [-0.2, -0.15) is 0 Å². The van der Waals surface area contributed by atoms with Crippen LogP contribution in [0.4, 0.5) is 5.69 Å². The van der Waals surface area contributed by atoms with Crippen LogP contribution in [0.5, 0.6) is 0 Å². The Balaban J connectivity index is 1.90. The molecule has 3 aromatic rings. The van der Waals surface area contributed by atoms with Gasteiger partial charge in [-0.05, 0) is 31.0 Å². The molecular formula is C18H23N5. The Morgan fingerprint density at radius 2 is 1.91 bits per heavy atom. The standard InChI is InChI=1S/C18H23N5/c1-11(2)18-22-21-16(23(18)5)10-20-15-8-9-19-17-13(4)12(3)6-7-14(15)17/h6-9,11H,10H2,1-5H3,(H,19,20). The maximum Gasteiger partial charge on any atom is 0.152 e. The number of rotatable bonds is 4. The van der Waals surface area contributed by atoms with Gasteiger partial charge in [0.25, 0.3) is 0 Å². The predicted octanol–water partition coefficient (Wildman–Crippen LogP) is 3.72. The van der Waals surface area contributed by atoms with Crippen LogP contribution in [0, 0.1) is 13.8 Å². The minimum absolute atomic E-state index is 0.369. The van der Waals surface area contributed by atoms with E-state index in [9.17, 15) is 0 Å². The molecule has 2 aromatic heterocycles.